The summed E-state index contributed by atoms with van der Waals surface area (Å²) in [5.41, 5.74) is 14.0. The van der Waals surface area contributed by atoms with Crippen LogP contribution in [0.25, 0.3) is 79.8 Å². The molecule has 9 rings (SSSR count). The molecule has 0 fully saturated rings. The van der Waals surface area contributed by atoms with E-state index in [4.69, 9.17) is 56.4 Å². The van der Waals surface area contributed by atoms with Gasteiger partial charge in [-0.15, -0.1) is 0 Å². The lowest BCUT2D eigenvalue weighted by Gasteiger charge is -2.16. The second-order valence-electron chi connectivity index (χ2n) is 12.9. The highest BCUT2D eigenvalue weighted by atomic mass is 35.5. The summed E-state index contributed by atoms with van der Waals surface area (Å²) in [7, 11) is 0. The zero-order valence-corrected chi connectivity index (χ0v) is 30.5. The summed E-state index contributed by atoms with van der Waals surface area (Å²) in [5.74, 6) is 0.0471. The predicted octanol–water partition coefficient (Wildman–Crippen LogP) is 13.8. The van der Waals surface area contributed by atoms with E-state index in [9.17, 15) is 0 Å². The van der Waals surface area contributed by atoms with Crippen LogP contribution in [-0.4, -0.2) is 19.9 Å². The van der Waals surface area contributed by atoms with Crippen molar-refractivity contribution in [2.75, 3.05) is 0 Å². The van der Waals surface area contributed by atoms with Crippen molar-refractivity contribution in [3.63, 3.8) is 0 Å². The topological polar surface area (TPSA) is 57.4 Å². The third kappa shape index (κ3) is 6.12. The summed E-state index contributed by atoms with van der Waals surface area (Å²) in [6, 6.07) is 32.1. The Labute approximate surface area is 320 Å². The van der Waals surface area contributed by atoms with Crippen LogP contribution in [0.3, 0.4) is 0 Å². The highest BCUT2D eigenvalue weighted by molar-refractivity contribution is 6.31. The van der Waals surface area contributed by atoms with Gasteiger partial charge >= 0.3 is 0 Å². The molecule has 0 amide bonds. The Hall–Kier alpha value is -5.10. The first-order chi connectivity index (χ1) is 25.4. The van der Waals surface area contributed by atoms with Crippen LogP contribution in [0, 0.1) is 0 Å². The molecule has 0 saturated carbocycles. The summed E-state index contributed by atoms with van der Waals surface area (Å²) in [6.07, 6.45) is 15.3. The van der Waals surface area contributed by atoms with Crippen molar-refractivity contribution in [2.45, 2.75) is 12.3 Å². The van der Waals surface area contributed by atoms with Crippen LogP contribution in [0.5, 0.6) is 0 Å². The van der Waals surface area contributed by atoms with E-state index in [1.165, 1.54) is 0 Å². The van der Waals surface area contributed by atoms with Crippen LogP contribution in [0.4, 0.5) is 0 Å². The predicted molar refractivity (Wildman–Crippen MR) is 221 cm³/mol. The Bertz CT molecular complexity index is 2630. The number of nitrogens with zero attached hydrogens (tertiary/aromatic N) is 2. The van der Waals surface area contributed by atoms with Gasteiger partial charge in [0.25, 0.3) is 0 Å². The van der Waals surface area contributed by atoms with Gasteiger partial charge in [0, 0.05) is 70.3 Å². The number of benzene rings is 3. The normalized spacial score (nSPS) is 14.9. The molecule has 0 spiro atoms. The molecule has 2 N–H and O–H groups in total. The van der Waals surface area contributed by atoms with Gasteiger partial charge in [-0.05, 0) is 114 Å². The van der Waals surface area contributed by atoms with E-state index < -0.39 is 0 Å². The van der Waals surface area contributed by atoms with Gasteiger partial charge in [-0.2, -0.15) is 0 Å². The quantitative estimate of drug-likeness (QED) is 0.188. The van der Waals surface area contributed by atoms with E-state index in [0.717, 1.165) is 95.2 Å². The molecule has 8 bridgehead atoms. The minimum atomic E-state index is 0.0471. The summed E-state index contributed by atoms with van der Waals surface area (Å²) in [5, 5.41) is 2.74. The van der Waals surface area contributed by atoms with Crippen molar-refractivity contribution in [1.29, 1.82) is 0 Å². The van der Waals surface area contributed by atoms with E-state index in [1.54, 1.807) is 0 Å². The number of fused-ring (bicyclic) bond motifs is 8. The molecule has 4 nitrogen and oxygen atoms in total. The van der Waals surface area contributed by atoms with Crippen LogP contribution in [0.15, 0.2) is 120 Å². The number of nitrogens with one attached hydrogen (secondary N) is 2. The van der Waals surface area contributed by atoms with Gasteiger partial charge in [0.1, 0.15) is 0 Å². The Morgan fingerprint density at radius 1 is 0.442 bits per heavy atom. The second-order valence-corrected chi connectivity index (χ2v) is 14.6. The molecular formula is C44H28Cl4N4. The van der Waals surface area contributed by atoms with Crippen molar-refractivity contribution >= 4 is 92.8 Å². The van der Waals surface area contributed by atoms with Gasteiger partial charge in [-0.1, -0.05) is 95.0 Å². The molecule has 2 aliphatic heterocycles. The van der Waals surface area contributed by atoms with Gasteiger partial charge in [-0.25, -0.2) is 9.97 Å². The number of allylic oxidation sites excluding steroid dienone is 4. The van der Waals surface area contributed by atoms with E-state index in [-0.39, 0.29) is 5.92 Å². The highest BCUT2D eigenvalue weighted by Crippen LogP contribution is 2.39. The molecule has 1 aliphatic carbocycles. The van der Waals surface area contributed by atoms with E-state index in [1.807, 2.05) is 78.9 Å². The second kappa shape index (κ2) is 13.5. The van der Waals surface area contributed by atoms with Gasteiger partial charge in [-0.3, -0.25) is 0 Å². The maximum absolute atomic E-state index is 6.41. The Morgan fingerprint density at radius 2 is 0.827 bits per heavy atom. The van der Waals surface area contributed by atoms with Crippen molar-refractivity contribution in [1.82, 2.24) is 19.9 Å². The Balaban J connectivity index is 1.45. The number of rotatable bonds is 4. The minimum absolute atomic E-state index is 0.0471. The molecule has 52 heavy (non-hydrogen) atoms. The summed E-state index contributed by atoms with van der Waals surface area (Å²) >= 11 is 25.5. The third-order valence-electron chi connectivity index (χ3n) is 9.62. The van der Waals surface area contributed by atoms with Gasteiger partial charge in [0.05, 0.1) is 22.8 Å². The largest absolute Gasteiger partial charge is 0.355 e. The van der Waals surface area contributed by atoms with Crippen molar-refractivity contribution in [3.05, 3.63) is 164 Å². The van der Waals surface area contributed by atoms with Gasteiger partial charge in [0.15, 0.2) is 0 Å². The Morgan fingerprint density at radius 3 is 1.25 bits per heavy atom. The molecule has 0 saturated heterocycles. The molecule has 3 aliphatic rings. The fourth-order valence-electron chi connectivity index (χ4n) is 7.19. The molecule has 6 aromatic rings. The molecule has 8 heteroatoms. The lowest BCUT2D eigenvalue weighted by molar-refractivity contribution is 0.850. The van der Waals surface area contributed by atoms with Crippen LogP contribution >= 0.6 is 46.4 Å². The molecular weight excluding hydrogens is 726 g/mol. The average molecular weight is 755 g/mol. The van der Waals surface area contributed by atoms with E-state index in [0.29, 0.717) is 15.1 Å². The van der Waals surface area contributed by atoms with E-state index >= 15 is 0 Å². The molecule has 252 valence electrons. The SMILES string of the molecule is ClC1=CCC(c2c3nc(c(-c4ccc(Cl)cc4)c4ccc([nH]4)c(-c4ccc(Cl)cc4)c4nc(c(-c5ccc(Cl)cc5)c5ccc2[nH]5)C=C4)C=C3)C=C1. The maximum Gasteiger partial charge on any atom is 0.0737 e. The summed E-state index contributed by atoms with van der Waals surface area (Å²) in [4.78, 5) is 18.2. The zero-order chi connectivity index (χ0) is 35.3. The maximum atomic E-state index is 6.41. The number of hydrogen-bond acceptors (Lipinski definition) is 2. The number of aromatic nitrogens is 4. The monoisotopic (exact) mass is 752 g/mol. The first-order valence-electron chi connectivity index (χ1n) is 16.9. The number of H-pyrrole nitrogens is 2. The lowest BCUT2D eigenvalue weighted by Crippen LogP contribution is -2.01. The van der Waals surface area contributed by atoms with Crippen LogP contribution in [0.2, 0.25) is 15.1 Å². The average Bonchev–Trinajstić information content (AvgIpc) is 3.99. The molecule has 3 aromatic heterocycles. The van der Waals surface area contributed by atoms with Crippen molar-refractivity contribution in [2.24, 2.45) is 0 Å². The molecule has 3 aromatic carbocycles. The van der Waals surface area contributed by atoms with Crippen LogP contribution < -0.4 is 0 Å². The number of halogens is 4. The number of hydrogen-bond donors (Lipinski definition) is 2. The van der Waals surface area contributed by atoms with Crippen LogP contribution in [-0.2, 0) is 0 Å². The fourth-order valence-corrected chi connectivity index (χ4v) is 7.73. The first-order valence-corrected chi connectivity index (χ1v) is 18.4. The standard InChI is InChI=1S/C44H28Cl4N4/c45-29-9-1-25(2-10-29)41-33-17-19-35(49-33)42(26-3-11-30(46)12-4-26)37-21-23-39(51-37)44(28-7-15-32(48)16-8-28)40-24-22-38(52-40)43(36-20-18-34(41)50-36)27-5-13-31(47)14-6-27/h1-7,9-24,28,49,52H,8H2. The van der Waals surface area contributed by atoms with Crippen molar-refractivity contribution in [3.8, 4) is 33.4 Å². The molecule has 5 heterocycles. The summed E-state index contributed by atoms with van der Waals surface area (Å²) in [6.45, 7) is 0. The molecule has 0 radical (unpaired) electrons. The van der Waals surface area contributed by atoms with Gasteiger partial charge in [0.2, 0.25) is 0 Å². The Kier molecular flexibility index (Phi) is 8.49. The summed E-state index contributed by atoms with van der Waals surface area (Å²) < 4.78 is 0. The number of aromatic amines is 2. The fraction of sp³-hybridized carbons (Fsp3) is 0.0455. The highest BCUT2D eigenvalue weighted by Gasteiger charge is 2.21. The minimum Gasteiger partial charge on any atom is -0.355 e. The smallest absolute Gasteiger partial charge is 0.0737 e. The van der Waals surface area contributed by atoms with Gasteiger partial charge < -0.3 is 9.97 Å². The molecule has 1 atom stereocenters. The first kappa shape index (κ1) is 32.8. The van der Waals surface area contributed by atoms with E-state index in [2.05, 4.69) is 70.7 Å². The zero-order valence-electron chi connectivity index (χ0n) is 27.5. The lowest BCUT2D eigenvalue weighted by atomic mass is 9.91. The van der Waals surface area contributed by atoms with Crippen molar-refractivity contribution < 1.29 is 0 Å². The molecule has 1 unspecified atom stereocenters. The third-order valence-corrected chi connectivity index (χ3v) is 10.7. The van der Waals surface area contributed by atoms with Crippen LogP contribution in [0.1, 0.15) is 40.7 Å².